The molecule has 0 aliphatic carbocycles. The largest absolute Gasteiger partial charge is 0.292 e. The predicted molar refractivity (Wildman–Crippen MR) is 148 cm³/mol. The lowest BCUT2D eigenvalue weighted by Gasteiger charge is -2.23. The van der Waals surface area contributed by atoms with E-state index in [9.17, 15) is 18.0 Å². The Balaban J connectivity index is 1.46. The zero-order valence-corrected chi connectivity index (χ0v) is 22.8. The monoisotopic (exact) mass is 528 g/mol. The molecule has 0 aliphatic rings. The number of sulfone groups is 1. The molecular formula is C31H28O4S2. The van der Waals surface area contributed by atoms with E-state index < -0.39 is 20.4 Å². The third-order valence-electron chi connectivity index (χ3n) is 6.33. The molecular weight excluding hydrogens is 500 g/mol. The van der Waals surface area contributed by atoms with Crippen molar-refractivity contribution in [1.29, 1.82) is 0 Å². The first-order chi connectivity index (χ1) is 17.5. The highest BCUT2D eigenvalue weighted by Gasteiger charge is 2.43. The summed E-state index contributed by atoms with van der Waals surface area (Å²) in [6.45, 7) is 6.77. The molecule has 0 aromatic heterocycles. The maximum atomic E-state index is 13.2. The molecule has 0 bridgehead atoms. The lowest BCUT2D eigenvalue weighted by molar-refractivity contribution is 0.0953. The van der Waals surface area contributed by atoms with Gasteiger partial charge in [0.2, 0.25) is 0 Å². The molecule has 0 aliphatic heterocycles. The van der Waals surface area contributed by atoms with Gasteiger partial charge in [-0.2, -0.15) is 0 Å². The summed E-state index contributed by atoms with van der Waals surface area (Å²) in [7, 11) is -3.88. The number of carbonyl (C=O) groups is 2. The number of carbonyl (C=O) groups excluding carboxylic acids is 2. The highest BCUT2D eigenvalue weighted by atomic mass is 32.2. The maximum absolute atomic E-state index is 13.2. The van der Waals surface area contributed by atoms with Crippen molar-refractivity contribution >= 4 is 33.2 Å². The molecule has 4 aromatic rings. The van der Waals surface area contributed by atoms with E-state index in [1.807, 2.05) is 50.2 Å². The minimum absolute atomic E-state index is 0.0254. The molecule has 0 unspecified atom stereocenters. The molecule has 188 valence electrons. The quantitative estimate of drug-likeness (QED) is 0.228. The smallest absolute Gasteiger partial charge is 0.193 e. The van der Waals surface area contributed by atoms with Crippen LogP contribution in [0.5, 0.6) is 0 Å². The fourth-order valence-electron chi connectivity index (χ4n) is 3.84. The molecule has 0 radical (unpaired) electrons. The predicted octanol–water partition coefficient (Wildman–Crippen LogP) is 7.12. The summed E-state index contributed by atoms with van der Waals surface area (Å²) in [5.74, 6) is -0.480. The molecule has 6 heteroatoms. The van der Waals surface area contributed by atoms with Crippen molar-refractivity contribution in [3.05, 3.63) is 125 Å². The normalized spacial score (nSPS) is 11.8. The Morgan fingerprint density at radius 2 is 0.973 bits per heavy atom. The summed E-state index contributed by atoms with van der Waals surface area (Å²) >= 11 is 1.50. The van der Waals surface area contributed by atoms with Crippen molar-refractivity contribution < 1.29 is 18.0 Å². The Kier molecular flexibility index (Phi) is 7.53. The summed E-state index contributed by atoms with van der Waals surface area (Å²) in [6.07, 6.45) is 0. The Labute approximate surface area is 222 Å². The van der Waals surface area contributed by atoms with E-state index in [1.54, 1.807) is 60.7 Å². The summed E-state index contributed by atoms with van der Waals surface area (Å²) in [6, 6.07) is 28.4. The van der Waals surface area contributed by atoms with Crippen molar-refractivity contribution in [2.24, 2.45) is 0 Å². The van der Waals surface area contributed by atoms with Gasteiger partial charge in [-0.25, -0.2) is 8.42 Å². The van der Waals surface area contributed by atoms with Gasteiger partial charge in [-0.15, -0.1) is 0 Å². The van der Waals surface area contributed by atoms with Gasteiger partial charge in [-0.1, -0.05) is 71.4 Å². The molecule has 37 heavy (non-hydrogen) atoms. The number of ketones is 2. The van der Waals surface area contributed by atoms with Gasteiger partial charge in [-0.3, -0.25) is 9.59 Å². The number of aryl methyl sites for hydroxylation is 2. The van der Waals surface area contributed by atoms with E-state index in [0.29, 0.717) is 16.7 Å². The van der Waals surface area contributed by atoms with Crippen LogP contribution in [0.15, 0.2) is 112 Å². The maximum Gasteiger partial charge on any atom is 0.193 e. The SMILES string of the molecule is Cc1ccc(C(=O)c2ccc(Sc3ccc(C(=O)C(C)(C)S(=O)(=O)c4ccc(C)cc4)cc3)cc2)cc1. The zero-order chi connectivity index (χ0) is 26.8. The first kappa shape index (κ1) is 26.6. The van der Waals surface area contributed by atoms with Crippen LogP contribution in [0.25, 0.3) is 0 Å². The van der Waals surface area contributed by atoms with Gasteiger partial charge in [-0.05, 0) is 76.2 Å². The second-order valence-corrected chi connectivity index (χ2v) is 13.1. The Morgan fingerprint density at radius 1 is 0.595 bits per heavy atom. The van der Waals surface area contributed by atoms with E-state index in [1.165, 1.54) is 25.6 Å². The lowest BCUT2D eigenvalue weighted by Crippen LogP contribution is -2.40. The van der Waals surface area contributed by atoms with Gasteiger partial charge in [0, 0.05) is 26.5 Å². The fourth-order valence-corrected chi connectivity index (χ4v) is 6.10. The zero-order valence-electron chi connectivity index (χ0n) is 21.2. The highest BCUT2D eigenvalue weighted by molar-refractivity contribution is 7.99. The average Bonchev–Trinajstić information content (AvgIpc) is 2.89. The van der Waals surface area contributed by atoms with Crippen molar-refractivity contribution in [3.8, 4) is 0 Å². The van der Waals surface area contributed by atoms with Gasteiger partial charge in [0.1, 0.15) is 4.75 Å². The van der Waals surface area contributed by atoms with Crippen LogP contribution in [0.2, 0.25) is 0 Å². The number of hydrogen-bond donors (Lipinski definition) is 0. The van der Waals surface area contributed by atoms with Gasteiger partial charge in [0.05, 0.1) is 4.90 Å². The number of rotatable bonds is 8. The first-order valence-corrected chi connectivity index (χ1v) is 14.1. The van der Waals surface area contributed by atoms with E-state index >= 15 is 0 Å². The molecule has 0 amide bonds. The third kappa shape index (κ3) is 5.60. The molecule has 0 N–H and O–H groups in total. The number of benzene rings is 4. The fraction of sp³-hybridized carbons (Fsp3) is 0.161. The van der Waals surface area contributed by atoms with Crippen molar-refractivity contribution in [3.63, 3.8) is 0 Å². The standard InChI is InChI=1S/C31H28O4S2/c1-21-5-9-23(10-6-21)29(32)24-11-15-26(16-12-24)36-27-17-13-25(14-18-27)30(33)31(3,4)37(34,35)28-19-7-22(2)8-20-28/h5-20H,1-4H3. The third-order valence-corrected chi connectivity index (χ3v) is 9.77. The van der Waals surface area contributed by atoms with Crippen molar-refractivity contribution in [2.45, 2.75) is 47.1 Å². The van der Waals surface area contributed by atoms with Crippen LogP contribution in [-0.2, 0) is 9.84 Å². The average molecular weight is 529 g/mol. The Bertz CT molecular complexity index is 1530. The minimum atomic E-state index is -3.88. The summed E-state index contributed by atoms with van der Waals surface area (Å²) < 4.78 is 24.8. The van der Waals surface area contributed by atoms with Crippen molar-refractivity contribution in [2.75, 3.05) is 0 Å². The second kappa shape index (κ2) is 10.5. The summed E-state index contributed by atoms with van der Waals surface area (Å²) in [5, 5.41) is 0. The van der Waals surface area contributed by atoms with E-state index in [-0.39, 0.29) is 10.7 Å². The number of Topliss-reactive ketones (excluding diaryl/α,β-unsaturated/α-hetero) is 1. The second-order valence-electron chi connectivity index (χ2n) is 9.50. The molecule has 0 fully saturated rings. The summed E-state index contributed by atoms with van der Waals surface area (Å²) in [5.41, 5.74) is 3.66. The molecule has 0 saturated carbocycles. The lowest BCUT2D eigenvalue weighted by atomic mass is 10.0. The van der Waals surface area contributed by atoms with Crippen LogP contribution in [0, 0.1) is 13.8 Å². The summed E-state index contributed by atoms with van der Waals surface area (Å²) in [4.78, 5) is 27.9. The van der Waals surface area contributed by atoms with Crippen molar-refractivity contribution in [1.82, 2.24) is 0 Å². The minimum Gasteiger partial charge on any atom is -0.292 e. The molecule has 4 aromatic carbocycles. The Morgan fingerprint density at radius 3 is 1.43 bits per heavy atom. The van der Waals surface area contributed by atoms with E-state index in [2.05, 4.69) is 0 Å². The first-order valence-electron chi connectivity index (χ1n) is 11.8. The number of hydrogen-bond acceptors (Lipinski definition) is 5. The molecule has 4 rings (SSSR count). The molecule has 0 heterocycles. The van der Waals surface area contributed by atoms with E-state index in [4.69, 9.17) is 0 Å². The Hall–Kier alpha value is -3.48. The van der Waals surface area contributed by atoms with Crippen LogP contribution < -0.4 is 0 Å². The van der Waals surface area contributed by atoms with Crippen LogP contribution >= 0.6 is 11.8 Å². The molecule has 0 atom stereocenters. The topological polar surface area (TPSA) is 68.3 Å². The van der Waals surface area contributed by atoms with Gasteiger partial charge in [0.25, 0.3) is 0 Å². The van der Waals surface area contributed by atoms with E-state index in [0.717, 1.165) is 20.9 Å². The van der Waals surface area contributed by atoms with Gasteiger partial charge >= 0.3 is 0 Å². The van der Waals surface area contributed by atoms with Gasteiger partial charge in [0.15, 0.2) is 21.4 Å². The van der Waals surface area contributed by atoms with Crippen LogP contribution in [-0.4, -0.2) is 24.7 Å². The highest BCUT2D eigenvalue weighted by Crippen LogP contribution is 2.32. The van der Waals surface area contributed by atoms with Crippen LogP contribution in [0.1, 0.15) is 51.3 Å². The molecule has 4 nitrogen and oxygen atoms in total. The molecule has 0 saturated heterocycles. The van der Waals surface area contributed by atoms with Crippen LogP contribution in [0.3, 0.4) is 0 Å². The van der Waals surface area contributed by atoms with Crippen LogP contribution in [0.4, 0.5) is 0 Å². The molecule has 0 spiro atoms. The van der Waals surface area contributed by atoms with Gasteiger partial charge < -0.3 is 0 Å².